The lowest BCUT2D eigenvalue weighted by Crippen LogP contribution is -2.45. The van der Waals surface area contributed by atoms with Gasteiger partial charge in [0, 0.05) is 37.6 Å². The summed E-state index contributed by atoms with van der Waals surface area (Å²) < 4.78 is 13.2. The zero-order chi connectivity index (χ0) is 18.7. The Morgan fingerprint density at radius 3 is 2.65 bits per heavy atom. The third kappa shape index (κ3) is 4.48. The number of amides is 1. The van der Waals surface area contributed by atoms with Crippen LogP contribution < -0.4 is 0 Å². The number of hydrogen-bond acceptors (Lipinski definition) is 4. The molecular weight excluding hydrogens is 349 g/mol. The number of hydrogen-bond donors (Lipinski definition) is 0. The van der Waals surface area contributed by atoms with E-state index < -0.39 is 0 Å². The molecule has 6 heteroatoms. The monoisotopic (exact) mass is 375 g/mol. The summed E-state index contributed by atoms with van der Waals surface area (Å²) in [5.74, 6) is 0.241. The van der Waals surface area contributed by atoms with Gasteiger partial charge in [-0.15, -0.1) is 11.3 Å². The quantitative estimate of drug-likeness (QED) is 0.811. The molecule has 0 aliphatic carbocycles. The summed E-state index contributed by atoms with van der Waals surface area (Å²) in [6.07, 6.45) is 0.930. The Morgan fingerprint density at radius 2 is 2.04 bits per heavy atom. The molecule has 0 saturated carbocycles. The van der Waals surface area contributed by atoms with Crippen LogP contribution in [0.4, 0.5) is 4.39 Å². The van der Waals surface area contributed by atoms with Crippen molar-refractivity contribution in [2.75, 3.05) is 19.6 Å². The molecule has 1 fully saturated rings. The fraction of sp³-hybridized carbons (Fsp3) is 0.500. The fourth-order valence-corrected chi connectivity index (χ4v) is 4.11. The summed E-state index contributed by atoms with van der Waals surface area (Å²) in [4.78, 5) is 21.6. The Bertz CT molecular complexity index is 744. The molecule has 1 saturated heterocycles. The van der Waals surface area contributed by atoms with E-state index in [1.807, 2.05) is 29.3 Å². The van der Waals surface area contributed by atoms with Crippen LogP contribution in [0.2, 0.25) is 0 Å². The van der Waals surface area contributed by atoms with E-state index in [2.05, 4.69) is 23.7 Å². The average molecular weight is 376 g/mol. The zero-order valence-electron chi connectivity index (χ0n) is 15.6. The van der Waals surface area contributed by atoms with Crippen LogP contribution >= 0.6 is 11.3 Å². The van der Waals surface area contributed by atoms with E-state index in [4.69, 9.17) is 0 Å². The van der Waals surface area contributed by atoms with Gasteiger partial charge >= 0.3 is 0 Å². The van der Waals surface area contributed by atoms with Crippen molar-refractivity contribution in [3.63, 3.8) is 0 Å². The van der Waals surface area contributed by atoms with Gasteiger partial charge in [0.2, 0.25) is 0 Å². The van der Waals surface area contributed by atoms with Crippen molar-refractivity contribution >= 4 is 17.2 Å². The van der Waals surface area contributed by atoms with Crippen LogP contribution in [-0.2, 0) is 6.54 Å². The molecule has 0 spiro atoms. The van der Waals surface area contributed by atoms with Crippen LogP contribution in [0.1, 0.15) is 41.3 Å². The highest BCUT2D eigenvalue weighted by Gasteiger charge is 2.30. The van der Waals surface area contributed by atoms with Gasteiger partial charge in [0.05, 0.1) is 5.01 Å². The normalized spacial score (nSPS) is 19.0. The van der Waals surface area contributed by atoms with Gasteiger partial charge in [-0.1, -0.05) is 26.0 Å². The van der Waals surface area contributed by atoms with Crippen LogP contribution in [0.5, 0.6) is 0 Å². The van der Waals surface area contributed by atoms with Crippen LogP contribution in [0.15, 0.2) is 29.6 Å². The maximum Gasteiger partial charge on any atom is 0.273 e. The predicted molar refractivity (Wildman–Crippen MR) is 103 cm³/mol. The number of thiazole rings is 1. The van der Waals surface area contributed by atoms with Gasteiger partial charge in [-0.05, 0) is 37.0 Å². The second kappa shape index (κ2) is 8.27. The Hall–Kier alpha value is -1.79. The highest BCUT2D eigenvalue weighted by molar-refractivity contribution is 7.09. The lowest BCUT2D eigenvalue weighted by molar-refractivity contribution is 0.0697. The third-order valence-electron chi connectivity index (χ3n) is 4.94. The molecule has 1 aliphatic heterocycles. The summed E-state index contributed by atoms with van der Waals surface area (Å²) >= 11 is 1.51. The molecule has 1 aromatic carbocycles. The highest BCUT2D eigenvalue weighted by Crippen LogP contribution is 2.22. The Balaban J connectivity index is 1.74. The second-order valence-corrected chi connectivity index (χ2v) is 8.33. The standard InChI is InChI=1S/C20H26FN3OS/c1-14(2)19-12-24(20(25)18-13-26-15(3)22-18)10-4-9-23(19)11-16-5-7-17(21)8-6-16/h5-8,13-14,19H,4,9-12H2,1-3H3/t19-/m0/s1. The van der Waals surface area contributed by atoms with Crippen molar-refractivity contribution < 1.29 is 9.18 Å². The molecule has 2 aromatic rings. The Labute approximate surface area is 158 Å². The van der Waals surface area contributed by atoms with E-state index in [0.717, 1.165) is 36.6 Å². The molecule has 3 rings (SSSR count). The molecular formula is C20H26FN3OS. The maximum atomic E-state index is 13.2. The third-order valence-corrected chi connectivity index (χ3v) is 5.72. The fourth-order valence-electron chi connectivity index (χ4n) is 3.52. The number of halogens is 1. The van der Waals surface area contributed by atoms with E-state index in [1.165, 1.54) is 23.5 Å². The van der Waals surface area contributed by atoms with E-state index in [9.17, 15) is 9.18 Å². The average Bonchev–Trinajstić information content (AvgIpc) is 2.93. The molecule has 0 N–H and O–H groups in total. The first-order valence-corrected chi connectivity index (χ1v) is 10.0. The van der Waals surface area contributed by atoms with Gasteiger partial charge in [-0.25, -0.2) is 9.37 Å². The summed E-state index contributed by atoms with van der Waals surface area (Å²) in [6, 6.07) is 6.98. The number of rotatable bonds is 4. The van der Waals surface area contributed by atoms with E-state index in [0.29, 0.717) is 18.2 Å². The minimum absolute atomic E-state index is 0.0311. The smallest absolute Gasteiger partial charge is 0.273 e. The number of aromatic nitrogens is 1. The summed E-state index contributed by atoms with van der Waals surface area (Å²) in [7, 11) is 0. The molecule has 4 nitrogen and oxygen atoms in total. The number of nitrogens with zero attached hydrogens (tertiary/aromatic N) is 3. The van der Waals surface area contributed by atoms with Gasteiger partial charge in [0.1, 0.15) is 11.5 Å². The molecule has 2 heterocycles. The molecule has 0 unspecified atom stereocenters. The van der Waals surface area contributed by atoms with Crippen molar-refractivity contribution in [3.8, 4) is 0 Å². The van der Waals surface area contributed by atoms with E-state index in [1.54, 1.807) is 0 Å². The predicted octanol–water partition coefficient (Wildman–Crippen LogP) is 3.96. The Kier molecular flexibility index (Phi) is 6.04. The van der Waals surface area contributed by atoms with E-state index in [-0.39, 0.29) is 17.8 Å². The minimum Gasteiger partial charge on any atom is -0.336 e. The number of carbonyl (C=O) groups excluding carboxylic acids is 1. The van der Waals surface area contributed by atoms with Crippen LogP contribution in [0.3, 0.4) is 0 Å². The first-order valence-electron chi connectivity index (χ1n) is 9.14. The largest absolute Gasteiger partial charge is 0.336 e. The van der Waals surface area contributed by atoms with Crippen molar-refractivity contribution in [1.82, 2.24) is 14.8 Å². The molecule has 1 amide bonds. The number of aryl methyl sites for hydroxylation is 1. The van der Waals surface area contributed by atoms with Gasteiger partial charge in [-0.3, -0.25) is 9.69 Å². The highest BCUT2D eigenvalue weighted by atomic mass is 32.1. The molecule has 1 atom stereocenters. The van der Waals surface area contributed by atoms with Crippen molar-refractivity contribution in [3.05, 3.63) is 51.7 Å². The molecule has 0 radical (unpaired) electrons. The summed E-state index contributed by atoms with van der Waals surface area (Å²) in [5, 5.41) is 2.77. The van der Waals surface area contributed by atoms with Crippen LogP contribution in [0, 0.1) is 18.7 Å². The number of carbonyl (C=O) groups is 1. The van der Waals surface area contributed by atoms with Crippen molar-refractivity contribution in [1.29, 1.82) is 0 Å². The molecule has 26 heavy (non-hydrogen) atoms. The van der Waals surface area contributed by atoms with E-state index >= 15 is 0 Å². The van der Waals surface area contributed by atoms with Gasteiger partial charge < -0.3 is 4.90 Å². The SMILES string of the molecule is Cc1nc(C(=O)N2CCCN(Cc3ccc(F)cc3)[C@H](C(C)C)C2)cs1. The first kappa shape index (κ1) is 19.0. The Morgan fingerprint density at radius 1 is 1.31 bits per heavy atom. The number of benzene rings is 1. The lowest BCUT2D eigenvalue weighted by Gasteiger charge is -2.34. The summed E-state index contributed by atoms with van der Waals surface area (Å²) in [5.41, 5.74) is 1.66. The van der Waals surface area contributed by atoms with Gasteiger partial charge in [0.15, 0.2) is 0 Å². The zero-order valence-corrected chi connectivity index (χ0v) is 16.4. The van der Waals surface area contributed by atoms with Crippen LogP contribution in [0.25, 0.3) is 0 Å². The van der Waals surface area contributed by atoms with Gasteiger partial charge in [0.25, 0.3) is 5.91 Å². The van der Waals surface area contributed by atoms with Crippen molar-refractivity contribution in [2.45, 2.75) is 39.8 Å². The first-order chi connectivity index (χ1) is 12.4. The minimum atomic E-state index is -0.208. The second-order valence-electron chi connectivity index (χ2n) is 7.26. The van der Waals surface area contributed by atoms with Crippen molar-refractivity contribution in [2.24, 2.45) is 5.92 Å². The molecule has 1 aliphatic rings. The maximum absolute atomic E-state index is 13.2. The molecule has 0 bridgehead atoms. The topological polar surface area (TPSA) is 36.4 Å². The summed E-state index contributed by atoms with van der Waals surface area (Å²) in [6.45, 7) is 9.48. The lowest BCUT2D eigenvalue weighted by atomic mass is 10.0. The van der Waals surface area contributed by atoms with Gasteiger partial charge in [-0.2, -0.15) is 0 Å². The molecule has 140 valence electrons. The van der Waals surface area contributed by atoms with Crippen LogP contribution in [-0.4, -0.2) is 46.4 Å². The molecule has 1 aromatic heterocycles.